The molecule has 4 nitrogen and oxygen atoms in total. The standard InChI is InChI=1S/C20H24ClN3O/c1-16(18-5-9-20(25-2)10-6-18)22-24-13-11-23(12-14-24)15-17-3-7-19(21)8-4-17/h3-10H,11-15H2,1-2H3/p+1/b22-16-. The first-order chi connectivity index (χ1) is 12.1. The minimum absolute atomic E-state index is 0.798. The molecule has 1 N–H and O–H groups in total. The Morgan fingerprint density at radius 2 is 1.72 bits per heavy atom. The van der Waals surface area contributed by atoms with Gasteiger partial charge in [-0.1, -0.05) is 23.7 Å². The molecule has 0 aliphatic carbocycles. The fraction of sp³-hybridized carbons (Fsp3) is 0.350. The lowest BCUT2D eigenvalue weighted by Gasteiger charge is -2.31. The molecule has 132 valence electrons. The number of nitrogens with one attached hydrogen (secondary N) is 1. The molecule has 1 heterocycles. The summed E-state index contributed by atoms with van der Waals surface area (Å²) in [4.78, 5) is 1.59. The van der Waals surface area contributed by atoms with Crippen LogP contribution in [-0.4, -0.2) is 44.0 Å². The first-order valence-corrected chi connectivity index (χ1v) is 9.04. The molecule has 5 heteroatoms. The number of halogens is 1. The minimum atomic E-state index is 0.798. The van der Waals surface area contributed by atoms with Gasteiger partial charge in [-0.2, -0.15) is 5.10 Å². The van der Waals surface area contributed by atoms with Gasteiger partial charge in [0.1, 0.15) is 12.3 Å². The Balaban J connectivity index is 1.53. The molecule has 1 fully saturated rings. The Morgan fingerprint density at radius 3 is 2.32 bits per heavy atom. The van der Waals surface area contributed by atoms with Crippen molar-refractivity contribution >= 4 is 17.3 Å². The molecule has 0 saturated carbocycles. The van der Waals surface area contributed by atoms with Crippen molar-refractivity contribution in [2.45, 2.75) is 13.5 Å². The first-order valence-electron chi connectivity index (χ1n) is 8.66. The second-order valence-corrected chi connectivity index (χ2v) is 6.86. The Hall–Kier alpha value is -2.04. The van der Waals surface area contributed by atoms with Crippen LogP contribution in [0.3, 0.4) is 0 Å². The summed E-state index contributed by atoms with van der Waals surface area (Å²) >= 11 is 5.95. The van der Waals surface area contributed by atoms with Gasteiger partial charge in [0.15, 0.2) is 0 Å². The maximum atomic E-state index is 5.95. The van der Waals surface area contributed by atoms with Gasteiger partial charge in [-0.3, -0.25) is 5.01 Å². The Bertz CT molecular complexity index is 705. The lowest BCUT2D eigenvalue weighted by atomic mass is 10.1. The highest BCUT2D eigenvalue weighted by atomic mass is 35.5. The number of piperazine rings is 1. The predicted octanol–water partition coefficient (Wildman–Crippen LogP) is 2.47. The van der Waals surface area contributed by atoms with Crippen molar-refractivity contribution in [2.75, 3.05) is 33.3 Å². The van der Waals surface area contributed by atoms with Crippen LogP contribution >= 0.6 is 11.6 Å². The highest BCUT2D eigenvalue weighted by molar-refractivity contribution is 6.30. The van der Waals surface area contributed by atoms with Crippen molar-refractivity contribution in [1.29, 1.82) is 0 Å². The number of benzene rings is 2. The highest BCUT2D eigenvalue weighted by Crippen LogP contribution is 2.12. The third-order valence-corrected chi connectivity index (χ3v) is 4.87. The molecule has 2 aromatic carbocycles. The van der Waals surface area contributed by atoms with Crippen LogP contribution < -0.4 is 9.64 Å². The average molecular weight is 359 g/mol. The van der Waals surface area contributed by atoms with Crippen LogP contribution in [0.15, 0.2) is 53.6 Å². The van der Waals surface area contributed by atoms with Crippen LogP contribution in [0.2, 0.25) is 5.02 Å². The van der Waals surface area contributed by atoms with Gasteiger partial charge in [0.2, 0.25) is 0 Å². The quantitative estimate of drug-likeness (QED) is 0.832. The maximum absolute atomic E-state index is 5.95. The second-order valence-electron chi connectivity index (χ2n) is 6.42. The van der Waals surface area contributed by atoms with Crippen LogP contribution in [-0.2, 0) is 6.54 Å². The van der Waals surface area contributed by atoms with Gasteiger partial charge >= 0.3 is 0 Å². The number of rotatable bonds is 5. The smallest absolute Gasteiger partial charge is 0.118 e. The van der Waals surface area contributed by atoms with E-state index in [0.717, 1.165) is 54.8 Å². The Morgan fingerprint density at radius 1 is 1.08 bits per heavy atom. The monoisotopic (exact) mass is 358 g/mol. The van der Waals surface area contributed by atoms with Crippen molar-refractivity contribution in [1.82, 2.24) is 5.01 Å². The van der Waals surface area contributed by atoms with E-state index in [1.807, 2.05) is 24.3 Å². The normalized spacial score (nSPS) is 16.1. The van der Waals surface area contributed by atoms with Gasteiger partial charge in [-0.25, -0.2) is 0 Å². The summed E-state index contributed by atoms with van der Waals surface area (Å²) in [5, 5.41) is 7.78. The van der Waals surface area contributed by atoms with E-state index in [-0.39, 0.29) is 0 Å². The largest absolute Gasteiger partial charge is 0.497 e. The number of nitrogens with zero attached hydrogens (tertiary/aromatic N) is 2. The van der Waals surface area contributed by atoms with Crippen molar-refractivity contribution in [3.05, 3.63) is 64.7 Å². The lowest BCUT2D eigenvalue weighted by Crippen LogP contribution is -3.13. The zero-order valence-electron chi connectivity index (χ0n) is 14.8. The van der Waals surface area contributed by atoms with Crippen molar-refractivity contribution in [3.63, 3.8) is 0 Å². The van der Waals surface area contributed by atoms with Crippen molar-refractivity contribution < 1.29 is 9.64 Å². The molecule has 25 heavy (non-hydrogen) atoms. The zero-order valence-corrected chi connectivity index (χ0v) is 15.6. The number of hydrazone groups is 1. The summed E-state index contributed by atoms with van der Waals surface area (Å²) in [6, 6.07) is 16.2. The topological polar surface area (TPSA) is 29.3 Å². The Kier molecular flexibility index (Phi) is 5.95. The van der Waals surface area contributed by atoms with Gasteiger partial charge in [0, 0.05) is 10.6 Å². The molecule has 0 amide bonds. The van der Waals surface area contributed by atoms with E-state index in [2.05, 4.69) is 36.2 Å². The van der Waals surface area contributed by atoms with E-state index in [1.54, 1.807) is 12.0 Å². The average Bonchev–Trinajstić information content (AvgIpc) is 2.65. The van der Waals surface area contributed by atoms with Crippen LogP contribution in [0.1, 0.15) is 18.1 Å². The van der Waals surface area contributed by atoms with Crippen LogP contribution in [0, 0.1) is 0 Å². The molecule has 0 aromatic heterocycles. The van der Waals surface area contributed by atoms with Crippen LogP contribution in [0.25, 0.3) is 0 Å². The molecule has 0 unspecified atom stereocenters. The first kappa shape index (κ1) is 17.8. The summed E-state index contributed by atoms with van der Waals surface area (Å²) in [5.41, 5.74) is 3.52. The maximum Gasteiger partial charge on any atom is 0.118 e. The molecule has 1 saturated heterocycles. The summed E-state index contributed by atoms with van der Waals surface area (Å²) in [6.45, 7) is 7.28. The zero-order chi connectivity index (χ0) is 17.6. The summed E-state index contributed by atoms with van der Waals surface area (Å²) in [7, 11) is 1.68. The van der Waals surface area contributed by atoms with Gasteiger partial charge in [0.25, 0.3) is 0 Å². The molecule has 0 spiro atoms. The molecule has 1 aliphatic heterocycles. The van der Waals surface area contributed by atoms with E-state index in [4.69, 9.17) is 21.4 Å². The fourth-order valence-electron chi connectivity index (χ4n) is 3.08. The number of quaternary nitrogens is 1. The lowest BCUT2D eigenvalue weighted by molar-refractivity contribution is -0.918. The van der Waals surface area contributed by atoms with Crippen molar-refractivity contribution in [2.24, 2.45) is 5.10 Å². The molecule has 1 aliphatic rings. The van der Waals surface area contributed by atoms with Crippen LogP contribution in [0.4, 0.5) is 0 Å². The molecule has 2 aromatic rings. The van der Waals surface area contributed by atoms with E-state index in [1.165, 1.54) is 5.56 Å². The molecular weight excluding hydrogens is 334 g/mol. The third kappa shape index (κ3) is 4.97. The number of hydrogen-bond donors (Lipinski definition) is 1. The molecule has 0 bridgehead atoms. The summed E-state index contributed by atoms with van der Waals surface area (Å²) < 4.78 is 5.21. The number of hydrogen-bond acceptors (Lipinski definition) is 3. The van der Waals surface area contributed by atoms with E-state index < -0.39 is 0 Å². The van der Waals surface area contributed by atoms with Crippen molar-refractivity contribution in [3.8, 4) is 5.75 Å². The number of methoxy groups -OCH3 is 1. The summed E-state index contributed by atoms with van der Waals surface area (Å²) in [5.74, 6) is 0.871. The second kappa shape index (κ2) is 8.37. The SMILES string of the molecule is COc1ccc(/C(C)=N\N2CC[NH+](Cc3ccc(Cl)cc3)CC2)cc1. The third-order valence-electron chi connectivity index (χ3n) is 4.61. The highest BCUT2D eigenvalue weighted by Gasteiger charge is 2.19. The molecule has 0 atom stereocenters. The van der Waals surface area contributed by atoms with Crippen LogP contribution in [0.5, 0.6) is 5.75 Å². The van der Waals surface area contributed by atoms with Gasteiger partial charge in [-0.15, -0.1) is 0 Å². The van der Waals surface area contributed by atoms with E-state index in [9.17, 15) is 0 Å². The van der Waals surface area contributed by atoms with E-state index in [0.29, 0.717) is 0 Å². The number of ether oxygens (including phenoxy) is 1. The fourth-order valence-corrected chi connectivity index (χ4v) is 3.21. The molecule has 0 radical (unpaired) electrons. The van der Waals surface area contributed by atoms with E-state index >= 15 is 0 Å². The summed E-state index contributed by atoms with van der Waals surface area (Å²) in [6.07, 6.45) is 0. The molecular formula is C20H25ClN3O+. The predicted molar refractivity (Wildman–Crippen MR) is 103 cm³/mol. The molecule has 3 rings (SSSR count). The van der Waals surface area contributed by atoms with Gasteiger partial charge in [-0.05, 0) is 48.9 Å². The minimum Gasteiger partial charge on any atom is -0.497 e. The van der Waals surface area contributed by atoms with Gasteiger partial charge in [0.05, 0.1) is 39.0 Å². The van der Waals surface area contributed by atoms with Gasteiger partial charge < -0.3 is 9.64 Å². The Labute approximate surface area is 154 Å².